The van der Waals surface area contributed by atoms with Crippen LogP contribution >= 0.6 is 0 Å². The van der Waals surface area contributed by atoms with E-state index in [-0.39, 0.29) is 0 Å². The Bertz CT molecular complexity index is 575. The molecular weight excluding hydrogens is 278 g/mol. The van der Waals surface area contributed by atoms with Crippen molar-refractivity contribution in [1.29, 1.82) is 0 Å². The first-order valence-electron chi connectivity index (χ1n) is 7.54. The number of hydrogen-bond acceptors (Lipinski definition) is 5. The van der Waals surface area contributed by atoms with Crippen LogP contribution in [0.25, 0.3) is 0 Å². The molecule has 0 saturated heterocycles. The van der Waals surface area contributed by atoms with E-state index in [1.54, 1.807) is 6.20 Å². The SMILES string of the molecule is CCOCCOCc1cccc(CNc2nccc(C)n2)c1. The number of nitrogens with zero attached hydrogens (tertiary/aromatic N) is 2. The van der Waals surface area contributed by atoms with Crippen LogP contribution in [0.1, 0.15) is 23.7 Å². The molecule has 118 valence electrons. The number of rotatable bonds is 9. The number of nitrogens with one attached hydrogen (secondary N) is 1. The molecule has 1 aromatic heterocycles. The van der Waals surface area contributed by atoms with Gasteiger partial charge in [-0.2, -0.15) is 0 Å². The van der Waals surface area contributed by atoms with Gasteiger partial charge in [-0.3, -0.25) is 0 Å². The van der Waals surface area contributed by atoms with Gasteiger partial charge in [0, 0.05) is 25.0 Å². The van der Waals surface area contributed by atoms with E-state index in [9.17, 15) is 0 Å². The predicted octanol–water partition coefficient (Wildman–Crippen LogP) is 2.95. The highest BCUT2D eigenvalue weighted by atomic mass is 16.5. The van der Waals surface area contributed by atoms with Crippen molar-refractivity contribution in [2.75, 3.05) is 25.1 Å². The first-order valence-corrected chi connectivity index (χ1v) is 7.54. The molecule has 22 heavy (non-hydrogen) atoms. The average Bonchev–Trinajstić information content (AvgIpc) is 2.53. The number of benzene rings is 1. The van der Waals surface area contributed by atoms with Crippen LogP contribution in [0, 0.1) is 6.92 Å². The molecule has 0 radical (unpaired) electrons. The fourth-order valence-corrected chi connectivity index (χ4v) is 2.00. The summed E-state index contributed by atoms with van der Waals surface area (Å²) in [6.45, 7) is 7.21. The molecule has 0 unspecified atom stereocenters. The summed E-state index contributed by atoms with van der Waals surface area (Å²) in [6.07, 6.45) is 1.76. The van der Waals surface area contributed by atoms with Crippen molar-refractivity contribution < 1.29 is 9.47 Å². The molecule has 0 atom stereocenters. The molecule has 1 aromatic carbocycles. The fourth-order valence-electron chi connectivity index (χ4n) is 2.00. The monoisotopic (exact) mass is 301 g/mol. The minimum Gasteiger partial charge on any atom is -0.379 e. The van der Waals surface area contributed by atoms with Gasteiger partial charge in [0.15, 0.2) is 0 Å². The van der Waals surface area contributed by atoms with E-state index >= 15 is 0 Å². The van der Waals surface area contributed by atoms with Crippen LogP contribution in [0.5, 0.6) is 0 Å². The molecule has 5 heteroatoms. The zero-order valence-corrected chi connectivity index (χ0v) is 13.2. The fraction of sp³-hybridized carbons (Fsp3) is 0.412. The van der Waals surface area contributed by atoms with Gasteiger partial charge < -0.3 is 14.8 Å². The van der Waals surface area contributed by atoms with Crippen molar-refractivity contribution in [1.82, 2.24) is 9.97 Å². The molecule has 2 aromatic rings. The predicted molar refractivity (Wildman–Crippen MR) is 86.7 cm³/mol. The summed E-state index contributed by atoms with van der Waals surface area (Å²) in [7, 11) is 0. The molecular formula is C17H23N3O2. The van der Waals surface area contributed by atoms with Gasteiger partial charge >= 0.3 is 0 Å². The molecule has 1 N–H and O–H groups in total. The second-order valence-corrected chi connectivity index (χ2v) is 4.94. The molecule has 5 nitrogen and oxygen atoms in total. The van der Waals surface area contributed by atoms with Crippen molar-refractivity contribution in [2.45, 2.75) is 27.0 Å². The second-order valence-electron chi connectivity index (χ2n) is 4.94. The van der Waals surface area contributed by atoms with E-state index in [0.29, 0.717) is 32.3 Å². The van der Waals surface area contributed by atoms with Crippen molar-refractivity contribution >= 4 is 5.95 Å². The lowest BCUT2D eigenvalue weighted by Crippen LogP contribution is -2.06. The molecule has 0 bridgehead atoms. The van der Waals surface area contributed by atoms with Crippen LogP contribution in [0.15, 0.2) is 36.5 Å². The summed E-state index contributed by atoms with van der Waals surface area (Å²) in [5.41, 5.74) is 3.28. The summed E-state index contributed by atoms with van der Waals surface area (Å²) in [5.74, 6) is 0.651. The van der Waals surface area contributed by atoms with Crippen LogP contribution in [-0.2, 0) is 22.6 Å². The van der Waals surface area contributed by atoms with Gasteiger partial charge in [-0.1, -0.05) is 24.3 Å². The number of aromatic nitrogens is 2. The lowest BCUT2D eigenvalue weighted by Gasteiger charge is -2.08. The van der Waals surface area contributed by atoms with E-state index in [0.717, 1.165) is 17.9 Å². The maximum atomic E-state index is 5.59. The first-order chi connectivity index (χ1) is 10.8. The first kappa shape index (κ1) is 16.4. The Hall–Kier alpha value is -1.98. The Labute approximate surface area is 131 Å². The van der Waals surface area contributed by atoms with Gasteiger partial charge in [0.25, 0.3) is 0 Å². The minimum absolute atomic E-state index is 0.599. The van der Waals surface area contributed by atoms with E-state index in [2.05, 4.69) is 33.5 Å². The van der Waals surface area contributed by atoms with Crippen LogP contribution in [0.4, 0.5) is 5.95 Å². The second kappa shape index (κ2) is 9.12. The number of hydrogen-bond donors (Lipinski definition) is 1. The van der Waals surface area contributed by atoms with E-state index < -0.39 is 0 Å². The summed E-state index contributed by atoms with van der Waals surface area (Å²) >= 11 is 0. The lowest BCUT2D eigenvalue weighted by molar-refractivity contribution is 0.0453. The van der Waals surface area contributed by atoms with Gasteiger partial charge in [-0.15, -0.1) is 0 Å². The standard InChI is InChI=1S/C17H23N3O2/c1-3-21-9-10-22-13-16-6-4-5-15(11-16)12-19-17-18-8-7-14(2)20-17/h4-8,11H,3,9-10,12-13H2,1-2H3,(H,18,19,20). The Kier molecular flexibility index (Phi) is 6.80. The summed E-state index contributed by atoms with van der Waals surface area (Å²) in [5, 5.41) is 3.23. The van der Waals surface area contributed by atoms with E-state index in [1.165, 1.54) is 5.56 Å². The maximum absolute atomic E-state index is 5.59. The van der Waals surface area contributed by atoms with E-state index in [4.69, 9.17) is 9.47 Å². The number of aryl methyl sites for hydroxylation is 1. The largest absolute Gasteiger partial charge is 0.379 e. The highest BCUT2D eigenvalue weighted by Gasteiger charge is 1.99. The maximum Gasteiger partial charge on any atom is 0.223 e. The molecule has 0 fully saturated rings. The Morgan fingerprint density at radius 2 is 1.91 bits per heavy atom. The molecule has 0 aliphatic heterocycles. The zero-order valence-electron chi connectivity index (χ0n) is 13.2. The van der Waals surface area contributed by atoms with Crippen molar-refractivity contribution in [3.63, 3.8) is 0 Å². The third-order valence-electron chi connectivity index (χ3n) is 3.08. The molecule has 2 rings (SSSR count). The average molecular weight is 301 g/mol. The van der Waals surface area contributed by atoms with Crippen molar-refractivity contribution in [2.24, 2.45) is 0 Å². The zero-order chi connectivity index (χ0) is 15.6. The van der Waals surface area contributed by atoms with Gasteiger partial charge in [0.1, 0.15) is 0 Å². The molecule has 0 aliphatic rings. The Morgan fingerprint density at radius 1 is 1.09 bits per heavy atom. The van der Waals surface area contributed by atoms with Gasteiger partial charge in [-0.05, 0) is 31.0 Å². The van der Waals surface area contributed by atoms with Crippen LogP contribution in [-0.4, -0.2) is 29.8 Å². The third kappa shape index (κ3) is 5.79. The number of anilines is 1. The molecule has 1 heterocycles. The summed E-state index contributed by atoms with van der Waals surface area (Å²) < 4.78 is 10.8. The highest BCUT2D eigenvalue weighted by molar-refractivity contribution is 5.30. The quantitative estimate of drug-likeness (QED) is 0.722. The topological polar surface area (TPSA) is 56.3 Å². The molecule has 0 aliphatic carbocycles. The van der Waals surface area contributed by atoms with Gasteiger partial charge in [0.05, 0.1) is 19.8 Å². The lowest BCUT2D eigenvalue weighted by atomic mass is 10.1. The normalized spacial score (nSPS) is 10.6. The van der Waals surface area contributed by atoms with Crippen molar-refractivity contribution in [3.05, 3.63) is 53.3 Å². The number of ether oxygens (including phenoxy) is 2. The van der Waals surface area contributed by atoms with Crippen LogP contribution in [0.2, 0.25) is 0 Å². The summed E-state index contributed by atoms with van der Waals surface area (Å²) in [6, 6.07) is 10.2. The van der Waals surface area contributed by atoms with Crippen molar-refractivity contribution in [3.8, 4) is 0 Å². The summed E-state index contributed by atoms with van der Waals surface area (Å²) in [4.78, 5) is 8.52. The third-order valence-corrected chi connectivity index (χ3v) is 3.08. The molecule has 0 spiro atoms. The van der Waals surface area contributed by atoms with E-state index in [1.807, 2.05) is 26.0 Å². The molecule has 0 saturated carbocycles. The Balaban J connectivity index is 1.80. The Morgan fingerprint density at radius 3 is 2.73 bits per heavy atom. The van der Waals surface area contributed by atoms with Gasteiger partial charge in [0.2, 0.25) is 5.95 Å². The smallest absolute Gasteiger partial charge is 0.223 e. The van der Waals surface area contributed by atoms with Crippen LogP contribution < -0.4 is 5.32 Å². The minimum atomic E-state index is 0.599. The highest BCUT2D eigenvalue weighted by Crippen LogP contribution is 2.09. The van der Waals surface area contributed by atoms with Gasteiger partial charge in [-0.25, -0.2) is 9.97 Å². The molecule has 0 amide bonds. The van der Waals surface area contributed by atoms with Crippen LogP contribution in [0.3, 0.4) is 0 Å².